The van der Waals surface area contributed by atoms with Crippen LogP contribution in [0.1, 0.15) is 31.9 Å². The lowest BCUT2D eigenvalue weighted by molar-refractivity contribution is -0.123. The Bertz CT molecular complexity index is 492. The summed E-state index contributed by atoms with van der Waals surface area (Å²) < 4.78 is 13.4. The third kappa shape index (κ3) is 2.78. The van der Waals surface area contributed by atoms with Gasteiger partial charge in [-0.1, -0.05) is 30.1 Å². The first-order valence-corrected chi connectivity index (χ1v) is 6.60. The van der Waals surface area contributed by atoms with Gasteiger partial charge in [0.25, 0.3) is 0 Å². The molecule has 5 heteroatoms. The summed E-state index contributed by atoms with van der Waals surface area (Å²) in [5, 5.41) is 3.19. The highest BCUT2D eigenvalue weighted by atomic mass is 35.5. The van der Waals surface area contributed by atoms with Gasteiger partial charge < -0.3 is 5.32 Å². The largest absolute Gasteiger partial charge is 0.349 e. The van der Waals surface area contributed by atoms with Crippen LogP contribution in [0, 0.1) is 17.7 Å². The lowest BCUT2D eigenvalue weighted by Crippen LogP contribution is -2.28. The van der Waals surface area contributed by atoms with E-state index in [1.807, 2.05) is 6.92 Å². The van der Waals surface area contributed by atoms with E-state index in [2.05, 4.69) is 5.32 Å². The second-order valence-electron chi connectivity index (χ2n) is 4.84. The average Bonchev–Trinajstić information content (AvgIpc) is 3.00. The van der Waals surface area contributed by atoms with Gasteiger partial charge in [0.15, 0.2) is 0 Å². The Hall–Kier alpha value is -0.800. The molecule has 2 nitrogen and oxygen atoms in total. The molecule has 0 heterocycles. The molecule has 0 aromatic heterocycles. The molecule has 98 valence electrons. The first-order valence-electron chi connectivity index (χ1n) is 5.85. The maximum atomic E-state index is 13.4. The number of rotatable bonds is 3. The second-order valence-corrected chi connectivity index (χ2v) is 5.65. The number of halogens is 3. The molecule has 0 aliphatic heterocycles. The van der Waals surface area contributed by atoms with E-state index < -0.39 is 5.82 Å². The molecular weight excluding hydrogens is 276 g/mol. The molecule has 0 spiro atoms. The first-order chi connectivity index (χ1) is 8.40. The number of carbonyl (C=O) groups excluding carboxylic acids is 1. The molecular formula is C13H14Cl2FNO. The van der Waals surface area contributed by atoms with Gasteiger partial charge in [-0.05, 0) is 37.0 Å². The molecule has 0 saturated heterocycles. The van der Waals surface area contributed by atoms with Crippen molar-refractivity contribution < 1.29 is 9.18 Å². The number of carbonyl (C=O) groups is 1. The normalized spacial score (nSPS) is 23.6. The van der Waals surface area contributed by atoms with Gasteiger partial charge in [-0.2, -0.15) is 0 Å². The molecule has 1 saturated carbocycles. The molecule has 1 aromatic rings. The van der Waals surface area contributed by atoms with Gasteiger partial charge in [-0.3, -0.25) is 4.79 Å². The summed E-state index contributed by atoms with van der Waals surface area (Å²) in [6.07, 6.45) is 0.918. The van der Waals surface area contributed by atoms with Crippen molar-refractivity contribution in [2.45, 2.75) is 26.3 Å². The van der Waals surface area contributed by atoms with Crippen molar-refractivity contribution in [2.24, 2.45) is 11.8 Å². The van der Waals surface area contributed by atoms with E-state index in [1.54, 1.807) is 6.92 Å². The van der Waals surface area contributed by atoms with Crippen LogP contribution in [0.5, 0.6) is 0 Å². The highest BCUT2D eigenvalue weighted by Crippen LogP contribution is 2.38. The Kier molecular flexibility index (Phi) is 3.83. The van der Waals surface area contributed by atoms with E-state index >= 15 is 0 Å². The smallest absolute Gasteiger partial charge is 0.223 e. The van der Waals surface area contributed by atoms with Crippen LogP contribution in [-0.4, -0.2) is 5.91 Å². The zero-order chi connectivity index (χ0) is 13.4. The number of nitrogens with one attached hydrogen (secondary N) is 1. The van der Waals surface area contributed by atoms with Crippen molar-refractivity contribution in [1.82, 2.24) is 5.32 Å². The molecule has 0 unspecified atom stereocenters. The topological polar surface area (TPSA) is 29.1 Å². The average molecular weight is 290 g/mol. The van der Waals surface area contributed by atoms with E-state index in [1.165, 1.54) is 12.1 Å². The lowest BCUT2D eigenvalue weighted by atomic mass is 10.1. The van der Waals surface area contributed by atoms with Gasteiger partial charge >= 0.3 is 0 Å². The van der Waals surface area contributed by atoms with E-state index in [4.69, 9.17) is 23.2 Å². The van der Waals surface area contributed by atoms with Crippen LogP contribution in [0.3, 0.4) is 0 Å². The minimum Gasteiger partial charge on any atom is -0.349 e. The summed E-state index contributed by atoms with van der Waals surface area (Å²) in [4.78, 5) is 11.8. The maximum Gasteiger partial charge on any atom is 0.223 e. The first kappa shape index (κ1) is 13.6. The number of benzene rings is 1. The molecule has 1 amide bonds. The van der Waals surface area contributed by atoms with Gasteiger partial charge in [0.2, 0.25) is 5.91 Å². The number of hydrogen-bond donors (Lipinski definition) is 1. The minimum absolute atomic E-state index is 0.00132. The molecule has 18 heavy (non-hydrogen) atoms. The third-order valence-electron chi connectivity index (χ3n) is 3.31. The van der Waals surface area contributed by atoms with Gasteiger partial charge in [0, 0.05) is 10.9 Å². The Morgan fingerprint density at radius 2 is 2.06 bits per heavy atom. The zero-order valence-electron chi connectivity index (χ0n) is 10.1. The van der Waals surface area contributed by atoms with Gasteiger partial charge in [-0.15, -0.1) is 0 Å². The minimum atomic E-state index is -0.531. The van der Waals surface area contributed by atoms with Crippen molar-refractivity contribution in [2.75, 3.05) is 0 Å². The number of hydrogen-bond acceptors (Lipinski definition) is 1. The molecule has 2 rings (SSSR count). The Morgan fingerprint density at radius 1 is 1.44 bits per heavy atom. The van der Waals surface area contributed by atoms with E-state index in [0.717, 1.165) is 6.42 Å². The SMILES string of the molecule is C[C@H](NC(=O)[C@@H]1C[C@@H]1C)c1cc(F)c(Cl)cc1Cl. The highest BCUT2D eigenvalue weighted by molar-refractivity contribution is 6.35. The van der Waals surface area contributed by atoms with Crippen molar-refractivity contribution in [3.63, 3.8) is 0 Å². The predicted octanol–water partition coefficient (Wildman–Crippen LogP) is 3.97. The molecule has 1 fully saturated rings. The summed E-state index contributed by atoms with van der Waals surface area (Å²) in [5.74, 6) is -0.00335. The number of amides is 1. The molecule has 1 aliphatic rings. The Labute approximate surface area is 115 Å². The molecule has 0 radical (unpaired) electrons. The standard InChI is InChI=1S/C13H14Cl2FNO/c1-6-3-8(6)13(18)17-7(2)9-4-12(16)11(15)5-10(9)14/h4-8H,3H2,1-2H3,(H,17,18)/t6-,7-,8+/m0/s1. The van der Waals surface area contributed by atoms with Crippen LogP contribution < -0.4 is 5.32 Å². The summed E-state index contributed by atoms with van der Waals surface area (Å²) in [6, 6.07) is 2.30. The molecule has 3 atom stereocenters. The fourth-order valence-electron chi connectivity index (χ4n) is 1.96. The van der Waals surface area contributed by atoms with Crippen LogP contribution in [0.4, 0.5) is 4.39 Å². The van der Waals surface area contributed by atoms with Crippen molar-refractivity contribution in [1.29, 1.82) is 0 Å². The second kappa shape index (κ2) is 5.06. The van der Waals surface area contributed by atoms with Crippen molar-refractivity contribution in [3.8, 4) is 0 Å². The van der Waals surface area contributed by atoms with Crippen LogP contribution in [0.25, 0.3) is 0 Å². The van der Waals surface area contributed by atoms with E-state index in [0.29, 0.717) is 16.5 Å². The molecule has 0 bridgehead atoms. The zero-order valence-corrected chi connectivity index (χ0v) is 11.6. The van der Waals surface area contributed by atoms with Crippen LogP contribution >= 0.6 is 23.2 Å². The van der Waals surface area contributed by atoms with Crippen LogP contribution in [0.15, 0.2) is 12.1 Å². The third-order valence-corrected chi connectivity index (χ3v) is 3.93. The summed E-state index contributed by atoms with van der Waals surface area (Å²) in [6.45, 7) is 3.81. The molecule has 1 aliphatic carbocycles. The fourth-order valence-corrected chi connectivity index (χ4v) is 2.50. The summed E-state index contributed by atoms with van der Waals surface area (Å²) in [7, 11) is 0. The van der Waals surface area contributed by atoms with Gasteiger partial charge in [-0.25, -0.2) is 4.39 Å². The summed E-state index contributed by atoms with van der Waals surface area (Å²) >= 11 is 11.6. The summed E-state index contributed by atoms with van der Waals surface area (Å²) in [5.41, 5.74) is 0.542. The van der Waals surface area contributed by atoms with Gasteiger partial charge in [0.1, 0.15) is 5.82 Å². The van der Waals surface area contributed by atoms with Crippen LogP contribution in [-0.2, 0) is 4.79 Å². The van der Waals surface area contributed by atoms with Gasteiger partial charge in [0.05, 0.1) is 11.1 Å². The quantitative estimate of drug-likeness (QED) is 0.839. The van der Waals surface area contributed by atoms with Crippen molar-refractivity contribution >= 4 is 29.1 Å². The molecule has 1 N–H and O–H groups in total. The Balaban J connectivity index is 2.11. The van der Waals surface area contributed by atoms with E-state index in [-0.39, 0.29) is 22.9 Å². The monoisotopic (exact) mass is 289 g/mol. The predicted molar refractivity (Wildman–Crippen MR) is 70.2 cm³/mol. The Morgan fingerprint density at radius 3 is 2.61 bits per heavy atom. The highest BCUT2D eigenvalue weighted by Gasteiger charge is 2.39. The van der Waals surface area contributed by atoms with E-state index in [9.17, 15) is 9.18 Å². The fraction of sp³-hybridized carbons (Fsp3) is 0.462. The van der Waals surface area contributed by atoms with Crippen LogP contribution in [0.2, 0.25) is 10.0 Å². The maximum absolute atomic E-state index is 13.4. The lowest BCUT2D eigenvalue weighted by Gasteiger charge is -2.16. The van der Waals surface area contributed by atoms with Crippen molar-refractivity contribution in [3.05, 3.63) is 33.6 Å². The molecule has 1 aromatic carbocycles.